The van der Waals surface area contributed by atoms with Crippen molar-refractivity contribution in [3.05, 3.63) is 324 Å². The van der Waals surface area contributed by atoms with Crippen molar-refractivity contribution in [1.82, 2.24) is 4.57 Å². The maximum absolute atomic E-state index is 6.46. The van der Waals surface area contributed by atoms with Crippen LogP contribution in [0.1, 0.15) is 44.5 Å². The van der Waals surface area contributed by atoms with Crippen molar-refractivity contribution in [2.24, 2.45) is 0 Å². The van der Waals surface area contributed by atoms with Crippen LogP contribution in [0.4, 0.5) is 17.1 Å². The molecule has 81 heavy (non-hydrogen) atoms. The molecular formula is C78H46N2O. The molecule has 1 atom stereocenters. The summed E-state index contributed by atoms with van der Waals surface area (Å²) in [5, 5.41) is 7.23. The summed E-state index contributed by atoms with van der Waals surface area (Å²) in [6, 6.07) is 105. The van der Waals surface area contributed by atoms with Crippen molar-refractivity contribution in [1.29, 1.82) is 0 Å². The first-order chi connectivity index (χ1) is 40.2. The van der Waals surface area contributed by atoms with Gasteiger partial charge in [0.25, 0.3) is 0 Å². The van der Waals surface area contributed by atoms with Crippen molar-refractivity contribution in [2.75, 3.05) is 4.90 Å². The predicted octanol–water partition coefficient (Wildman–Crippen LogP) is 20.0. The number of para-hydroxylation sites is 4. The Hall–Kier alpha value is -10.5. The molecule has 3 nitrogen and oxygen atoms in total. The Kier molecular flexibility index (Phi) is 8.39. The first kappa shape index (κ1) is 43.5. The molecule has 1 aliphatic heterocycles. The minimum absolute atomic E-state index is 0.555. The molecule has 3 aliphatic carbocycles. The second-order valence-corrected chi connectivity index (χ2v) is 22.5. The third-order valence-corrected chi connectivity index (χ3v) is 19.0. The lowest BCUT2D eigenvalue weighted by molar-refractivity contribution is 0.669. The van der Waals surface area contributed by atoms with Crippen LogP contribution in [-0.4, -0.2) is 4.57 Å². The number of aromatic nitrogens is 1. The number of hydrogen-bond donors (Lipinski definition) is 0. The monoisotopic (exact) mass is 1030 g/mol. The van der Waals surface area contributed by atoms with Gasteiger partial charge in [-0.1, -0.05) is 224 Å². The van der Waals surface area contributed by atoms with E-state index in [1.165, 1.54) is 116 Å². The zero-order chi connectivity index (χ0) is 52.7. The number of nitrogens with zero attached hydrogens (tertiary/aromatic N) is 2. The number of hydrogen-bond acceptors (Lipinski definition) is 2. The molecule has 3 heteroatoms. The second-order valence-electron chi connectivity index (χ2n) is 22.5. The Morgan fingerprint density at radius 2 is 0.815 bits per heavy atom. The zero-order valence-electron chi connectivity index (χ0n) is 43.9. The van der Waals surface area contributed by atoms with E-state index >= 15 is 0 Å². The van der Waals surface area contributed by atoms with Gasteiger partial charge in [-0.05, 0) is 143 Å². The summed E-state index contributed by atoms with van der Waals surface area (Å²) < 4.78 is 9.00. The van der Waals surface area contributed by atoms with Crippen LogP contribution < -0.4 is 4.90 Å². The van der Waals surface area contributed by atoms with Crippen LogP contribution in [0.15, 0.2) is 283 Å². The highest BCUT2D eigenvalue weighted by molar-refractivity contribution is 6.16. The van der Waals surface area contributed by atoms with Crippen molar-refractivity contribution in [3.8, 4) is 50.2 Å². The summed E-state index contributed by atoms with van der Waals surface area (Å²) in [5.74, 6) is 0. The minimum Gasteiger partial charge on any atom is -0.456 e. The van der Waals surface area contributed by atoms with Crippen LogP contribution >= 0.6 is 0 Å². The molecule has 0 N–H and O–H groups in total. The molecule has 0 amide bonds. The minimum atomic E-state index is -0.629. The van der Waals surface area contributed by atoms with Crippen molar-refractivity contribution in [2.45, 2.75) is 10.8 Å². The van der Waals surface area contributed by atoms with Gasteiger partial charge in [-0.2, -0.15) is 0 Å². The van der Waals surface area contributed by atoms with Gasteiger partial charge >= 0.3 is 0 Å². The summed E-state index contributed by atoms with van der Waals surface area (Å²) in [5.41, 5.74) is 28.0. The van der Waals surface area contributed by atoms with Crippen LogP contribution in [0.2, 0.25) is 0 Å². The first-order valence-corrected chi connectivity index (χ1v) is 28.2. The first-order valence-electron chi connectivity index (χ1n) is 28.2. The molecule has 0 fully saturated rings. The highest BCUT2D eigenvalue weighted by Crippen LogP contribution is 2.67. The summed E-state index contributed by atoms with van der Waals surface area (Å²) >= 11 is 0. The van der Waals surface area contributed by atoms with E-state index in [1.54, 1.807) is 0 Å². The lowest BCUT2D eigenvalue weighted by atomic mass is 9.65. The largest absolute Gasteiger partial charge is 0.456 e. The smallest absolute Gasteiger partial charge is 0.136 e. The zero-order valence-corrected chi connectivity index (χ0v) is 43.9. The van der Waals surface area contributed by atoms with Gasteiger partial charge in [-0.15, -0.1) is 0 Å². The van der Waals surface area contributed by atoms with Crippen molar-refractivity contribution >= 4 is 71.6 Å². The molecule has 4 aliphatic rings. The summed E-state index contributed by atoms with van der Waals surface area (Å²) in [6.07, 6.45) is 0. The van der Waals surface area contributed by atoms with Gasteiger partial charge in [0.05, 0.1) is 38.9 Å². The molecule has 2 spiro atoms. The van der Waals surface area contributed by atoms with Crippen LogP contribution in [0.5, 0.6) is 0 Å². The van der Waals surface area contributed by atoms with Gasteiger partial charge in [0.15, 0.2) is 0 Å². The molecule has 374 valence electrons. The fraction of sp³-hybridized carbons (Fsp3) is 0.0256. The van der Waals surface area contributed by atoms with Crippen molar-refractivity contribution < 1.29 is 4.42 Å². The van der Waals surface area contributed by atoms with Crippen LogP contribution in [0, 0.1) is 0 Å². The molecular weight excluding hydrogens is 981 g/mol. The van der Waals surface area contributed by atoms with E-state index in [1.807, 2.05) is 6.07 Å². The Morgan fingerprint density at radius 3 is 1.57 bits per heavy atom. The molecule has 0 saturated heterocycles. The number of rotatable bonds is 4. The average Bonchev–Trinajstić information content (AvgIpc) is 2.13. The fourth-order valence-corrected chi connectivity index (χ4v) is 16.0. The standard InChI is InChI=1S/C78H46N2O/c1-2-24-56-52(21-1)71(46-67-74(56)58-25-5-11-30-62(58)77(67)60-28-9-3-19-50(60)51-20-4-10-29-61(51)77)79(49-42-39-47(40-43-49)48-41-44-55-54-23-8-16-38-72(54)81-73(55)45-48)70-37-18-33-65-75(70)59-26-6-12-31-63(59)78(65)64-32-13-15-36-69(64)80-68-35-14-7-22-53(68)57-27-17-34-66(78)76(57)80/h1-46H. The van der Waals surface area contributed by atoms with Gasteiger partial charge in [0, 0.05) is 38.2 Å². The molecule has 0 saturated carbocycles. The SMILES string of the molecule is c1ccc2c(c1)-c1ccccc1C21c2ccccc2-c2c1cc(N(c1ccc(-c3ccc4c(c3)oc3ccccc34)cc1)c1cccc3c1-c1ccccc1C31c3ccccc3-n3c4ccccc4c4cccc1c43)c1ccccc21. The molecule has 0 radical (unpaired) electrons. The highest BCUT2D eigenvalue weighted by atomic mass is 16.3. The van der Waals surface area contributed by atoms with E-state index in [2.05, 4.69) is 282 Å². The average molecular weight is 1030 g/mol. The van der Waals surface area contributed by atoms with Gasteiger partial charge < -0.3 is 13.9 Å². The number of anilines is 3. The third-order valence-electron chi connectivity index (χ3n) is 19.0. The molecule has 2 aromatic heterocycles. The summed E-state index contributed by atoms with van der Waals surface area (Å²) in [4.78, 5) is 2.61. The highest BCUT2D eigenvalue weighted by Gasteiger charge is 2.54. The lowest BCUT2D eigenvalue weighted by Gasteiger charge is -2.39. The predicted molar refractivity (Wildman–Crippen MR) is 333 cm³/mol. The summed E-state index contributed by atoms with van der Waals surface area (Å²) in [6.45, 7) is 0. The van der Waals surface area contributed by atoms with E-state index in [9.17, 15) is 0 Å². The molecule has 15 aromatic rings. The Balaban J connectivity index is 0.918. The van der Waals surface area contributed by atoms with Gasteiger partial charge in [-0.3, -0.25) is 0 Å². The van der Waals surface area contributed by atoms with Crippen LogP contribution in [-0.2, 0) is 10.8 Å². The van der Waals surface area contributed by atoms with Gasteiger partial charge in [0.2, 0.25) is 0 Å². The number of benzene rings is 13. The normalized spacial score (nSPS) is 15.3. The third kappa shape index (κ3) is 5.30. The van der Waals surface area contributed by atoms with E-state index in [0.717, 1.165) is 50.1 Å². The second kappa shape index (κ2) is 15.6. The number of fused-ring (bicyclic) bond motifs is 27. The lowest BCUT2D eigenvalue weighted by Crippen LogP contribution is -2.33. The van der Waals surface area contributed by atoms with Crippen LogP contribution in [0.25, 0.3) is 105 Å². The fourth-order valence-electron chi connectivity index (χ4n) is 16.0. The molecule has 13 aromatic carbocycles. The van der Waals surface area contributed by atoms with E-state index < -0.39 is 10.8 Å². The van der Waals surface area contributed by atoms with E-state index in [-0.39, 0.29) is 0 Å². The van der Waals surface area contributed by atoms with Crippen LogP contribution in [0.3, 0.4) is 0 Å². The quantitative estimate of drug-likeness (QED) is 0.175. The maximum atomic E-state index is 6.46. The topological polar surface area (TPSA) is 21.3 Å². The van der Waals surface area contributed by atoms with Gasteiger partial charge in [0.1, 0.15) is 11.2 Å². The molecule has 19 rings (SSSR count). The van der Waals surface area contributed by atoms with Gasteiger partial charge in [-0.25, -0.2) is 0 Å². The van der Waals surface area contributed by atoms with E-state index in [4.69, 9.17) is 4.42 Å². The maximum Gasteiger partial charge on any atom is 0.136 e. The Morgan fingerprint density at radius 1 is 0.296 bits per heavy atom. The Labute approximate surface area is 467 Å². The molecule has 0 bridgehead atoms. The van der Waals surface area contributed by atoms with Crippen molar-refractivity contribution in [3.63, 3.8) is 0 Å². The molecule has 3 heterocycles. The Bertz CT molecular complexity index is 5220. The van der Waals surface area contributed by atoms with E-state index in [0.29, 0.717) is 0 Å². The number of furan rings is 1. The summed E-state index contributed by atoms with van der Waals surface area (Å²) in [7, 11) is 0. The molecule has 1 unspecified atom stereocenters.